The Morgan fingerprint density at radius 3 is 2.58 bits per heavy atom. The van der Waals surface area contributed by atoms with Crippen LogP contribution >= 0.6 is 12.2 Å². The molecule has 0 aliphatic carbocycles. The predicted molar refractivity (Wildman–Crippen MR) is 130 cm³/mol. The number of nitrogens with one attached hydrogen (secondary N) is 1. The molecule has 2 N–H and O–H groups in total. The van der Waals surface area contributed by atoms with Gasteiger partial charge in [-0.2, -0.15) is 0 Å². The van der Waals surface area contributed by atoms with Crippen LogP contribution in [0.2, 0.25) is 0 Å². The lowest BCUT2D eigenvalue weighted by Gasteiger charge is -2.40. The van der Waals surface area contributed by atoms with Crippen molar-refractivity contribution in [1.82, 2.24) is 10.2 Å². The zero-order chi connectivity index (χ0) is 23.5. The Bertz CT molecular complexity index is 1080. The van der Waals surface area contributed by atoms with E-state index in [1.54, 1.807) is 0 Å². The second kappa shape index (κ2) is 9.83. The highest BCUT2D eigenvalue weighted by Crippen LogP contribution is 2.40. The number of aliphatic carboxylic acids is 1. The van der Waals surface area contributed by atoms with Crippen LogP contribution in [-0.4, -0.2) is 44.7 Å². The number of hydrogen-bond donors (Lipinski definition) is 2. The topological polar surface area (TPSA) is 86.7 Å². The van der Waals surface area contributed by atoms with Gasteiger partial charge in [0.25, 0.3) is 5.91 Å². The highest BCUT2D eigenvalue weighted by atomic mass is 32.1. The molecule has 7 heteroatoms. The molecule has 2 aliphatic heterocycles. The third kappa shape index (κ3) is 4.69. The van der Waals surface area contributed by atoms with Crippen LogP contribution in [0.4, 0.5) is 0 Å². The Hall–Kier alpha value is -3.06. The molecule has 1 fully saturated rings. The van der Waals surface area contributed by atoms with Crippen molar-refractivity contribution < 1.29 is 19.5 Å². The SMILES string of the molecule is CCCC(=S)C(=O)N[C@H]1Cc2ccc(-c3ccccc3)cc2[C@H]2CCC[C@@H](C(=O)O)N2C1=O. The van der Waals surface area contributed by atoms with Gasteiger partial charge in [0.15, 0.2) is 0 Å². The molecular formula is C26H28N2O4S. The van der Waals surface area contributed by atoms with E-state index in [2.05, 4.69) is 11.4 Å². The highest BCUT2D eigenvalue weighted by molar-refractivity contribution is 7.82. The summed E-state index contributed by atoms with van der Waals surface area (Å²) in [6, 6.07) is 14.0. The van der Waals surface area contributed by atoms with E-state index in [-0.39, 0.29) is 16.8 Å². The zero-order valence-electron chi connectivity index (χ0n) is 18.6. The maximum Gasteiger partial charge on any atom is 0.326 e. The fourth-order valence-electron chi connectivity index (χ4n) is 4.94. The van der Waals surface area contributed by atoms with Gasteiger partial charge < -0.3 is 15.3 Å². The Labute approximate surface area is 199 Å². The minimum atomic E-state index is -1.01. The van der Waals surface area contributed by atoms with E-state index >= 15 is 0 Å². The summed E-state index contributed by atoms with van der Waals surface area (Å²) in [5.41, 5.74) is 3.99. The first kappa shape index (κ1) is 23.1. The normalized spacial score (nSPS) is 22.0. The van der Waals surface area contributed by atoms with Gasteiger partial charge in [0.2, 0.25) is 5.91 Å². The van der Waals surface area contributed by atoms with Crippen molar-refractivity contribution in [3.05, 3.63) is 59.7 Å². The number of carboxylic acids is 1. The number of nitrogens with zero attached hydrogens (tertiary/aromatic N) is 1. The lowest BCUT2D eigenvalue weighted by Crippen LogP contribution is -2.56. The van der Waals surface area contributed by atoms with E-state index in [4.69, 9.17) is 12.2 Å². The fourth-order valence-corrected chi connectivity index (χ4v) is 5.20. The molecule has 0 saturated carbocycles. The molecule has 0 unspecified atom stereocenters. The van der Waals surface area contributed by atoms with E-state index in [0.29, 0.717) is 25.7 Å². The summed E-state index contributed by atoms with van der Waals surface area (Å²) in [5, 5.41) is 12.7. The smallest absolute Gasteiger partial charge is 0.326 e. The van der Waals surface area contributed by atoms with Crippen LogP contribution in [0.5, 0.6) is 0 Å². The Morgan fingerprint density at radius 1 is 1.12 bits per heavy atom. The van der Waals surface area contributed by atoms with Gasteiger partial charge >= 0.3 is 5.97 Å². The van der Waals surface area contributed by atoms with Crippen molar-refractivity contribution in [3.8, 4) is 11.1 Å². The first-order valence-corrected chi connectivity index (χ1v) is 11.9. The van der Waals surface area contributed by atoms with Crippen molar-refractivity contribution in [1.29, 1.82) is 0 Å². The number of fused-ring (bicyclic) bond motifs is 3. The Morgan fingerprint density at radius 2 is 1.88 bits per heavy atom. The molecule has 0 radical (unpaired) electrons. The summed E-state index contributed by atoms with van der Waals surface area (Å²) in [6.45, 7) is 1.94. The number of thiocarbonyl (C=S) groups is 1. The molecule has 6 nitrogen and oxygen atoms in total. The molecule has 2 aromatic rings. The number of rotatable bonds is 6. The number of carbonyl (C=O) groups excluding carboxylic acids is 2. The molecule has 0 bridgehead atoms. The molecule has 4 rings (SSSR count). The molecule has 2 heterocycles. The van der Waals surface area contributed by atoms with Crippen molar-refractivity contribution >= 4 is 34.9 Å². The van der Waals surface area contributed by atoms with Crippen LogP contribution in [0.1, 0.15) is 56.2 Å². The van der Waals surface area contributed by atoms with Gasteiger partial charge in [-0.15, -0.1) is 0 Å². The van der Waals surface area contributed by atoms with E-state index in [9.17, 15) is 19.5 Å². The number of amides is 2. The van der Waals surface area contributed by atoms with Crippen LogP contribution in [0.25, 0.3) is 11.1 Å². The van der Waals surface area contributed by atoms with E-state index in [0.717, 1.165) is 35.1 Å². The maximum absolute atomic E-state index is 13.6. The van der Waals surface area contributed by atoms with Gasteiger partial charge in [-0.1, -0.05) is 68.0 Å². The van der Waals surface area contributed by atoms with Gasteiger partial charge in [0.05, 0.1) is 10.9 Å². The third-order valence-corrected chi connectivity index (χ3v) is 6.93. The van der Waals surface area contributed by atoms with Crippen LogP contribution < -0.4 is 5.32 Å². The number of benzene rings is 2. The lowest BCUT2D eigenvalue weighted by molar-refractivity contribution is -0.156. The lowest BCUT2D eigenvalue weighted by atomic mass is 9.87. The van der Waals surface area contributed by atoms with Crippen molar-refractivity contribution in [2.24, 2.45) is 0 Å². The first-order valence-electron chi connectivity index (χ1n) is 11.5. The van der Waals surface area contributed by atoms with Crippen LogP contribution in [-0.2, 0) is 20.8 Å². The molecule has 2 aromatic carbocycles. The molecule has 0 aromatic heterocycles. The summed E-state index contributed by atoms with van der Waals surface area (Å²) in [4.78, 5) is 40.1. The Balaban J connectivity index is 1.76. The summed E-state index contributed by atoms with van der Waals surface area (Å²) >= 11 is 5.21. The molecule has 1 saturated heterocycles. The van der Waals surface area contributed by atoms with Crippen molar-refractivity contribution in [2.75, 3.05) is 0 Å². The largest absolute Gasteiger partial charge is 0.480 e. The molecule has 3 atom stereocenters. The van der Waals surface area contributed by atoms with Crippen molar-refractivity contribution in [3.63, 3.8) is 0 Å². The van der Waals surface area contributed by atoms with Crippen LogP contribution in [0.15, 0.2) is 48.5 Å². The third-order valence-electron chi connectivity index (χ3n) is 6.54. The van der Waals surface area contributed by atoms with Gasteiger partial charge in [-0.25, -0.2) is 4.79 Å². The van der Waals surface area contributed by atoms with Gasteiger partial charge in [0.1, 0.15) is 12.1 Å². The average Bonchev–Trinajstić information content (AvgIpc) is 2.94. The maximum atomic E-state index is 13.6. The van der Waals surface area contributed by atoms with Gasteiger partial charge in [-0.05, 0) is 54.0 Å². The van der Waals surface area contributed by atoms with Gasteiger partial charge in [-0.3, -0.25) is 9.59 Å². The molecule has 2 aliphatic rings. The van der Waals surface area contributed by atoms with Crippen molar-refractivity contribution in [2.45, 2.75) is 63.6 Å². The summed E-state index contributed by atoms with van der Waals surface area (Å²) in [5.74, 6) is -1.78. The standard InChI is InChI=1S/C26H28N2O4S/c1-2-7-23(33)24(29)27-20-15-18-13-12-17(16-8-4-3-5-9-16)14-19(18)21-10-6-11-22(26(31)32)28(21)25(20)30/h3-5,8-9,12-14,20-22H,2,6-7,10-11,15H2,1H3,(H,27,29)(H,31,32)/t20-,21+,22-/m0/s1. The van der Waals surface area contributed by atoms with Crippen LogP contribution in [0, 0.1) is 0 Å². The van der Waals surface area contributed by atoms with Gasteiger partial charge in [0, 0.05) is 6.42 Å². The molecule has 33 heavy (non-hydrogen) atoms. The first-order chi connectivity index (χ1) is 15.9. The second-order valence-corrected chi connectivity index (χ2v) is 9.22. The fraction of sp³-hybridized carbons (Fsp3) is 0.385. The van der Waals surface area contributed by atoms with E-state index < -0.39 is 24.0 Å². The molecule has 0 spiro atoms. The summed E-state index contributed by atoms with van der Waals surface area (Å²) in [6.07, 6.45) is 3.34. The molecular weight excluding hydrogens is 436 g/mol. The molecule has 172 valence electrons. The van der Waals surface area contributed by atoms with Crippen LogP contribution in [0.3, 0.4) is 0 Å². The molecule has 2 amide bonds. The Kier molecular flexibility index (Phi) is 6.88. The number of carbonyl (C=O) groups is 3. The zero-order valence-corrected chi connectivity index (χ0v) is 19.4. The number of hydrogen-bond acceptors (Lipinski definition) is 4. The number of carboxylic acid groups (broad SMARTS) is 1. The van der Waals surface area contributed by atoms with E-state index in [1.165, 1.54) is 4.90 Å². The summed E-state index contributed by atoms with van der Waals surface area (Å²) in [7, 11) is 0. The second-order valence-electron chi connectivity index (χ2n) is 8.73. The minimum Gasteiger partial charge on any atom is -0.480 e. The summed E-state index contributed by atoms with van der Waals surface area (Å²) < 4.78 is 0. The quantitative estimate of drug-likeness (QED) is 0.630. The predicted octanol–water partition coefficient (Wildman–Crippen LogP) is 4.07. The number of piperidine rings is 1. The highest BCUT2D eigenvalue weighted by Gasteiger charge is 2.44. The average molecular weight is 465 g/mol. The van der Waals surface area contributed by atoms with E-state index in [1.807, 2.05) is 49.4 Å². The monoisotopic (exact) mass is 464 g/mol. The minimum absolute atomic E-state index is 0.263.